The maximum absolute atomic E-state index is 11.9. The van der Waals surface area contributed by atoms with Crippen LogP contribution in [0.2, 0.25) is 0 Å². The van der Waals surface area contributed by atoms with Crippen LogP contribution in [-0.4, -0.2) is 118 Å². The van der Waals surface area contributed by atoms with Gasteiger partial charge in [0.05, 0.1) is 88.7 Å². The number of nitro groups is 1. The van der Waals surface area contributed by atoms with Crippen molar-refractivity contribution in [3.63, 3.8) is 0 Å². The summed E-state index contributed by atoms with van der Waals surface area (Å²) in [5.74, 6) is 1.77. The normalized spacial score (nSPS) is 15.3. The van der Waals surface area contributed by atoms with Gasteiger partial charge in [-0.05, 0) is 25.0 Å². The third-order valence-corrected chi connectivity index (χ3v) is 7.46. The molecule has 5 rings (SSSR count). The maximum Gasteiger partial charge on any atom is 0.282 e. The fraction of sp³-hybridized carbons (Fsp3) is 0.516. The third-order valence-electron chi connectivity index (χ3n) is 7.46. The van der Waals surface area contributed by atoms with E-state index in [9.17, 15) is 14.9 Å². The van der Waals surface area contributed by atoms with E-state index in [1.54, 1.807) is 19.2 Å². The molecule has 2 aliphatic heterocycles. The SMILES string of the molecule is COc1cc2nc[nH]c(=O)c2cc1OCCCN1CCOCC1.[C-]#[N+]c1cc(OCCCN2CCOCC2)c(OC)cc1[N+](=O)[O-]. The minimum absolute atomic E-state index is 0.0565. The number of morpholine rings is 2. The molecule has 2 aliphatic rings. The van der Waals surface area contributed by atoms with Gasteiger partial charge in [-0.2, -0.15) is 0 Å². The van der Waals surface area contributed by atoms with E-state index in [4.69, 9.17) is 35.0 Å². The fourth-order valence-electron chi connectivity index (χ4n) is 4.99. The first-order valence-corrected chi connectivity index (χ1v) is 15.1. The largest absolute Gasteiger partial charge is 0.493 e. The van der Waals surface area contributed by atoms with Gasteiger partial charge in [0, 0.05) is 45.3 Å². The van der Waals surface area contributed by atoms with Crippen molar-refractivity contribution >= 4 is 22.3 Å². The molecule has 46 heavy (non-hydrogen) atoms. The summed E-state index contributed by atoms with van der Waals surface area (Å²) < 4.78 is 32.5. The lowest BCUT2D eigenvalue weighted by atomic mass is 10.2. The summed E-state index contributed by atoms with van der Waals surface area (Å²) in [6.45, 7) is 16.8. The van der Waals surface area contributed by atoms with E-state index in [-0.39, 0.29) is 22.7 Å². The van der Waals surface area contributed by atoms with Crippen molar-refractivity contribution in [3.8, 4) is 23.0 Å². The van der Waals surface area contributed by atoms with Crippen molar-refractivity contribution in [2.75, 3.05) is 93.1 Å². The zero-order valence-corrected chi connectivity index (χ0v) is 26.2. The lowest BCUT2D eigenvalue weighted by Crippen LogP contribution is -2.37. The molecule has 2 saturated heterocycles. The number of aromatic nitrogens is 2. The minimum Gasteiger partial charge on any atom is -0.493 e. The first-order chi connectivity index (χ1) is 22.4. The number of nitro benzene ring substituents is 1. The number of fused-ring (bicyclic) bond motifs is 1. The second-order valence-electron chi connectivity index (χ2n) is 10.4. The molecule has 0 unspecified atom stereocenters. The van der Waals surface area contributed by atoms with Crippen molar-refractivity contribution in [1.82, 2.24) is 19.8 Å². The van der Waals surface area contributed by atoms with Gasteiger partial charge in [0.1, 0.15) is 0 Å². The standard InChI is InChI=1S/C16H21N3O4.C15H19N3O5/c1-21-14-10-13-12(16(20)18-11-17-13)9-15(14)23-6-2-3-19-4-7-22-8-5-19;1-16-12-10-15(14(21-2)11-13(12)18(19)20)23-7-3-4-17-5-8-22-9-6-17/h9-11H,2-8H2,1H3,(H,17,18,20);10-11H,3-9H2,2H3. The molecule has 1 N–H and O–H groups in total. The Kier molecular flexibility index (Phi) is 13.3. The van der Waals surface area contributed by atoms with Crippen molar-refractivity contribution in [1.29, 1.82) is 0 Å². The molecule has 2 fully saturated rings. The topological polar surface area (TPSA) is 155 Å². The first kappa shape index (κ1) is 34.4. The summed E-state index contributed by atoms with van der Waals surface area (Å²) in [4.78, 5) is 36.7. The average Bonchev–Trinajstić information content (AvgIpc) is 3.09. The van der Waals surface area contributed by atoms with Gasteiger partial charge in [-0.1, -0.05) is 0 Å². The van der Waals surface area contributed by atoms with Crippen LogP contribution in [0, 0.1) is 16.7 Å². The predicted octanol–water partition coefficient (Wildman–Crippen LogP) is 3.29. The molecule has 15 heteroatoms. The van der Waals surface area contributed by atoms with E-state index in [0.717, 1.165) is 78.5 Å². The number of methoxy groups -OCH3 is 2. The van der Waals surface area contributed by atoms with E-state index >= 15 is 0 Å². The van der Waals surface area contributed by atoms with Gasteiger partial charge in [-0.25, -0.2) is 9.83 Å². The van der Waals surface area contributed by atoms with Crippen LogP contribution in [0.25, 0.3) is 15.7 Å². The number of hydrogen-bond donors (Lipinski definition) is 1. The molecule has 0 spiro atoms. The van der Waals surface area contributed by atoms with Crippen LogP contribution in [0.5, 0.6) is 23.0 Å². The molecular weight excluding hydrogens is 600 g/mol. The fourth-order valence-corrected chi connectivity index (χ4v) is 4.99. The van der Waals surface area contributed by atoms with Crippen LogP contribution < -0.4 is 24.5 Å². The highest BCUT2D eigenvalue weighted by Crippen LogP contribution is 2.39. The van der Waals surface area contributed by atoms with Gasteiger partial charge in [-0.15, -0.1) is 0 Å². The first-order valence-electron chi connectivity index (χ1n) is 15.1. The van der Waals surface area contributed by atoms with Crippen LogP contribution in [-0.2, 0) is 9.47 Å². The summed E-state index contributed by atoms with van der Waals surface area (Å²) in [6, 6.07) is 6.00. The highest BCUT2D eigenvalue weighted by Gasteiger charge is 2.20. The summed E-state index contributed by atoms with van der Waals surface area (Å²) in [6.07, 6.45) is 3.10. The molecule has 2 aromatic carbocycles. The highest BCUT2D eigenvalue weighted by molar-refractivity contribution is 5.81. The number of aromatic amines is 1. The van der Waals surface area contributed by atoms with Crippen molar-refractivity contribution < 1.29 is 33.3 Å². The molecular formula is C31H40N6O9. The van der Waals surface area contributed by atoms with E-state index in [1.165, 1.54) is 25.6 Å². The smallest absolute Gasteiger partial charge is 0.282 e. The van der Waals surface area contributed by atoms with Crippen molar-refractivity contribution in [2.45, 2.75) is 12.8 Å². The second-order valence-corrected chi connectivity index (χ2v) is 10.4. The molecule has 3 heterocycles. The molecule has 0 radical (unpaired) electrons. The molecule has 15 nitrogen and oxygen atoms in total. The number of ether oxygens (including phenoxy) is 6. The Labute approximate surface area is 266 Å². The predicted molar refractivity (Wildman–Crippen MR) is 170 cm³/mol. The number of rotatable bonds is 13. The van der Waals surface area contributed by atoms with Crippen LogP contribution >= 0.6 is 0 Å². The Balaban J connectivity index is 0.000000209. The molecule has 0 saturated carbocycles. The molecule has 1 aromatic heterocycles. The number of hydrogen-bond acceptors (Lipinski definition) is 12. The zero-order chi connectivity index (χ0) is 32.7. The Bertz CT molecular complexity index is 1530. The maximum atomic E-state index is 11.9. The molecule has 0 atom stereocenters. The molecule has 3 aromatic rings. The summed E-state index contributed by atoms with van der Waals surface area (Å²) in [5, 5.41) is 11.4. The summed E-state index contributed by atoms with van der Waals surface area (Å²) in [7, 11) is 2.99. The third kappa shape index (κ3) is 9.75. The molecule has 0 amide bonds. The summed E-state index contributed by atoms with van der Waals surface area (Å²) in [5.41, 5.74) is 0.0681. The zero-order valence-electron chi connectivity index (χ0n) is 26.2. The van der Waals surface area contributed by atoms with Crippen molar-refractivity contribution in [2.24, 2.45) is 0 Å². The molecule has 0 aliphatic carbocycles. The lowest BCUT2D eigenvalue weighted by Gasteiger charge is -2.26. The Hall–Kier alpha value is -4.49. The van der Waals surface area contributed by atoms with Gasteiger partial charge in [-0.3, -0.25) is 24.7 Å². The van der Waals surface area contributed by atoms with Gasteiger partial charge in [0.25, 0.3) is 16.9 Å². The highest BCUT2D eigenvalue weighted by atomic mass is 16.6. The van der Waals surface area contributed by atoms with E-state index in [1.807, 2.05) is 0 Å². The number of benzene rings is 2. The van der Waals surface area contributed by atoms with E-state index in [0.29, 0.717) is 41.4 Å². The van der Waals surface area contributed by atoms with Crippen LogP contribution in [0.4, 0.5) is 11.4 Å². The van der Waals surface area contributed by atoms with Crippen molar-refractivity contribution in [3.05, 3.63) is 62.5 Å². The van der Waals surface area contributed by atoms with Crippen LogP contribution in [0.15, 0.2) is 35.4 Å². The number of nitrogens with one attached hydrogen (secondary N) is 1. The molecule has 248 valence electrons. The van der Waals surface area contributed by atoms with Gasteiger partial charge >= 0.3 is 0 Å². The van der Waals surface area contributed by atoms with E-state index in [2.05, 4.69) is 24.6 Å². The monoisotopic (exact) mass is 640 g/mol. The van der Waals surface area contributed by atoms with Crippen LogP contribution in [0.1, 0.15) is 12.8 Å². The minimum atomic E-state index is -0.599. The molecule has 0 bridgehead atoms. The van der Waals surface area contributed by atoms with E-state index < -0.39 is 4.92 Å². The van der Waals surface area contributed by atoms with Gasteiger partial charge in [0.2, 0.25) is 0 Å². The Morgan fingerprint density at radius 2 is 1.43 bits per heavy atom. The van der Waals surface area contributed by atoms with Gasteiger partial charge < -0.3 is 33.4 Å². The number of nitrogens with zero attached hydrogens (tertiary/aromatic N) is 5. The lowest BCUT2D eigenvalue weighted by molar-refractivity contribution is -0.383. The number of H-pyrrole nitrogens is 1. The average molecular weight is 641 g/mol. The Morgan fingerprint density at radius 3 is 1.96 bits per heavy atom. The summed E-state index contributed by atoms with van der Waals surface area (Å²) >= 11 is 0. The van der Waals surface area contributed by atoms with Crippen LogP contribution in [0.3, 0.4) is 0 Å². The Morgan fingerprint density at radius 1 is 0.891 bits per heavy atom. The second kappa shape index (κ2) is 17.9. The quantitative estimate of drug-likeness (QED) is 0.126. The van der Waals surface area contributed by atoms with Gasteiger partial charge in [0.15, 0.2) is 23.0 Å².